The van der Waals surface area contributed by atoms with E-state index in [0.717, 1.165) is 19.3 Å². The fraction of sp³-hybridized carbons (Fsp3) is 0.919. The monoisotopic (exact) mass is 712 g/mol. The molecule has 0 aromatic carbocycles. The quantitative estimate of drug-likeness (QED) is 0.146. The first-order chi connectivity index (χ1) is 23.6. The Balaban J connectivity index is 1.21. The van der Waals surface area contributed by atoms with Crippen molar-refractivity contribution in [1.82, 2.24) is 0 Å². The second kappa shape index (κ2) is 15.0. The number of Topliss-reactive ketones (excluding diaryl/α,β-unsaturated/α-hetero) is 1. The van der Waals surface area contributed by atoms with Gasteiger partial charge in [-0.15, -0.1) is 0 Å². The molecule has 0 bridgehead atoms. The van der Waals surface area contributed by atoms with Gasteiger partial charge in [0.25, 0.3) is 0 Å². The van der Waals surface area contributed by atoms with Gasteiger partial charge in [0.1, 0.15) is 54.1 Å². The number of carbonyl (C=O) groups excluding carboxylic acids is 1. The zero-order valence-electron chi connectivity index (χ0n) is 29.8. The number of fused-ring (bicyclic) bond motifs is 5. The van der Waals surface area contributed by atoms with Crippen molar-refractivity contribution in [1.29, 1.82) is 0 Å². The van der Waals surface area contributed by atoms with E-state index in [4.69, 9.17) is 18.9 Å². The van der Waals surface area contributed by atoms with Gasteiger partial charge in [-0.1, -0.05) is 39.3 Å². The van der Waals surface area contributed by atoms with Crippen LogP contribution in [0.5, 0.6) is 0 Å². The Morgan fingerprint density at radius 2 is 1.62 bits per heavy atom. The van der Waals surface area contributed by atoms with Crippen LogP contribution in [0, 0.1) is 40.9 Å². The van der Waals surface area contributed by atoms with Crippen LogP contribution in [-0.4, -0.2) is 133 Å². The molecule has 2 saturated heterocycles. The molecule has 3 saturated carbocycles. The lowest BCUT2D eigenvalue weighted by molar-refractivity contribution is -0.313. The van der Waals surface area contributed by atoms with E-state index >= 15 is 0 Å². The zero-order chi connectivity index (χ0) is 36.3. The van der Waals surface area contributed by atoms with Crippen LogP contribution in [0.2, 0.25) is 0 Å². The van der Waals surface area contributed by atoms with E-state index in [1.54, 1.807) is 6.92 Å². The second-order valence-corrected chi connectivity index (χ2v) is 16.8. The minimum absolute atomic E-state index is 0.0198. The van der Waals surface area contributed by atoms with Crippen LogP contribution >= 0.6 is 0 Å². The summed E-state index contributed by atoms with van der Waals surface area (Å²) in [6.45, 7) is 7.48. The molecule has 18 atom stereocenters. The molecule has 5 fully saturated rings. The fourth-order valence-corrected chi connectivity index (χ4v) is 10.5. The lowest BCUT2D eigenvalue weighted by Gasteiger charge is -2.56. The molecule has 2 aliphatic heterocycles. The number of aliphatic hydroxyl groups excluding tert-OH is 7. The molecule has 6 aliphatic rings. The molecule has 2 heterocycles. The maximum atomic E-state index is 13.6. The molecule has 13 heteroatoms. The van der Waals surface area contributed by atoms with Gasteiger partial charge in [-0.2, -0.15) is 0 Å². The van der Waals surface area contributed by atoms with E-state index in [9.17, 15) is 45.6 Å². The first-order valence-corrected chi connectivity index (χ1v) is 18.8. The Kier molecular flexibility index (Phi) is 11.6. The molecular weight excluding hydrogens is 652 g/mol. The summed E-state index contributed by atoms with van der Waals surface area (Å²) in [5.41, 5.74) is -0.375. The van der Waals surface area contributed by atoms with Crippen LogP contribution < -0.4 is 0 Å². The molecular formula is C37H60O13. The molecule has 286 valence electrons. The Morgan fingerprint density at radius 1 is 0.920 bits per heavy atom. The van der Waals surface area contributed by atoms with E-state index in [1.165, 1.54) is 5.57 Å². The molecule has 6 rings (SSSR count). The summed E-state index contributed by atoms with van der Waals surface area (Å²) in [5.74, 6) is -0.0538. The van der Waals surface area contributed by atoms with E-state index in [1.807, 2.05) is 0 Å². The minimum Gasteiger partial charge on any atom is -0.394 e. The lowest BCUT2D eigenvalue weighted by Crippen LogP contribution is -2.60. The van der Waals surface area contributed by atoms with Crippen molar-refractivity contribution in [2.75, 3.05) is 13.2 Å². The average Bonchev–Trinajstić information content (AvgIpc) is 3.39. The normalized spacial score (nSPS) is 49.9. The van der Waals surface area contributed by atoms with Crippen molar-refractivity contribution in [3.8, 4) is 0 Å². The van der Waals surface area contributed by atoms with Gasteiger partial charge < -0.3 is 59.8 Å². The van der Waals surface area contributed by atoms with Crippen LogP contribution in [0.15, 0.2) is 11.6 Å². The lowest BCUT2D eigenvalue weighted by atomic mass is 9.49. The number of ether oxygens (including phenoxy) is 4. The van der Waals surface area contributed by atoms with Crippen LogP contribution in [0.1, 0.15) is 85.5 Å². The molecule has 13 nitrogen and oxygen atoms in total. The largest absolute Gasteiger partial charge is 0.394 e. The minimum atomic E-state index is -1.51. The number of rotatable bonds is 10. The van der Waals surface area contributed by atoms with Crippen LogP contribution in [-0.2, 0) is 23.7 Å². The topological polar surface area (TPSA) is 216 Å². The van der Waals surface area contributed by atoms with Crippen LogP contribution in [0.25, 0.3) is 0 Å². The van der Waals surface area contributed by atoms with Gasteiger partial charge in [0.15, 0.2) is 12.6 Å². The van der Waals surface area contributed by atoms with Gasteiger partial charge in [0.2, 0.25) is 0 Å². The molecule has 18 unspecified atom stereocenters. The number of hydrogen-bond acceptors (Lipinski definition) is 13. The maximum Gasteiger partial charge on any atom is 0.186 e. The Morgan fingerprint density at radius 3 is 2.32 bits per heavy atom. The number of hydrogen-bond donors (Lipinski definition) is 8. The number of allylic oxidation sites excluding steroid dienone is 1. The fourth-order valence-electron chi connectivity index (χ4n) is 10.5. The van der Waals surface area contributed by atoms with E-state index in [-0.39, 0.29) is 41.7 Å². The molecule has 0 spiro atoms. The molecule has 50 heavy (non-hydrogen) atoms. The predicted molar refractivity (Wildman–Crippen MR) is 177 cm³/mol. The summed E-state index contributed by atoms with van der Waals surface area (Å²) >= 11 is 0. The van der Waals surface area contributed by atoms with Crippen molar-refractivity contribution in [2.45, 2.75) is 159 Å². The molecule has 0 aromatic rings. The smallest absolute Gasteiger partial charge is 0.186 e. The molecule has 0 aromatic heterocycles. The van der Waals surface area contributed by atoms with Gasteiger partial charge in [0.05, 0.1) is 25.4 Å². The highest BCUT2D eigenvalue weighted by Crippen LogP contribution is 2.64. The summed E-state index contributed by atoms with van der Waals surface area (Å²) in [7, 11) is 0. The average molecular weight is 713 g/mol. The first-order valence-electron chi connectivity index (χ1n) is 18.8. The summed E-state index contributed by atoms with van der Waals surface area (Å²) in [6.07, 6.45) is -4.94. The van der Waals surface area contributed by atoms with Crippen molar-refractivity contribution in [3.63, 3.8) is 0 Å². The first kappa shape index (κ1) is 38.6. The van der Waals surface area contributed by atoms with Gasteiger partial charge in [-0.05, 0) is 86.4 Å². The van der Waals surface area contributed by atoms with E-state index in [0.29, 0.717) is 50.4 Å². The number of aliphatic hydroxyl groups is 8. The Labute approximate surface area is 294 Å². The standard InChI is InChI=1S/C37H60O13/c1-17(2)5-10-25(39)18(3)37(46)24-9-8-23-21(22(24)14-28(37)50-34-32(44)29(41)26(40)16-47-34)7-6-19-13-20(11-12-36(19,23)4)48-35-33(45)31(43)30(42)27(15-38)49-35/h6,17-18,20-24,26-35,38,40-46H,5,7-16H2,1-4H3. The summed E-state index contributed by atoms with van der Waals surface area (Å²) < 4.78 is 23.8. The van der Waals surface area contributed by atoms with Crippen LogP contribution in [0.3, 0.4) is 0 Å². The Bertz CT molecular complexity index is 1230. The Hall–Kier alpha value is -1.07. The van der Waals surface area contributed by atoms with Gasteiger partial charge in [-0.25, -0.2) is 0 Å². The second-order valence-electron chi connectivity index (χ2n) is 16.8. The van der Waals surface area contributed by atoms with Crippen molar-refractivity contribution in [2.24, 2.45) is 40.9 Å². The third-order valence-corrected chi connectivity index (χ3v) is 13.7. The highest BCUT2D eigenvalue weighted by Gasteiger charge is 2.65. The van der Waals surface area contributed by atoms with Gasteiger partial charge in [-0.3, -0.25) is 4.79 Å². The van der Waals surface area contributed by atoms with Crippen LogP contribution in [0.4, 0.5) is 0 Å². The summed E-state index contributed by atoms with van der Waals surface area (Å²) in [4.78, 5) is 13.6. The number of carbonyl (C=O) groups is 1. The zero-order valence-corrected chi connectivity index (χ0v) is 29.8. The highest BCUT2D eigenvalue weighted by molar-refractivity contribution is 5.82. The van der Waals surface area contributed by atoms with Crippen molar-refractivity contribution >= 4 is 5.78 Å². The van der Waals surface area contributed by atoms with Crippen molar-refractivity contribution < 1.29 is 64.6 Å². The maximum absolute atomic E-state index is 13.6. The molecule has 0 radical (unpaired) electrons. The summed E-state index contributed by atoms with van der Waals surface area (Å²) in [5, 5.41) is 84.5. The predicted octanol–water partition coefficient (Wildman–Crippen LogP) is 0.551. The summed E-state index contributed by atoms with van der Waals surface area (Å²) in [6, 6.07) is 0. The van der Waals surface area contributed by atoms with E-state index < -0.39 is 79.5 Å². The molecule has 4 aliphatic carbocycles. The third-order valence-electron chi connectivity index (χ3n) is 13.7. The van der Waals surface area contributed by atoms with Gasteiger partial charge in [0, 0.05) is 12.3 Å². The van der Waals surface area contributed by atoms with Gasteiger partial charge >= 0.3 is 0 Å². The van der Waals surface area contributed by atoms with E-state index in [2.05, 4.69) is 26.8 Å². The third kappa shape index (κ3) is 6.77. The van der Waals surface area contributed by atoms with Crippen molar-refractivity contribution in [3.05, 3.63) is 11.6 Å². The highest BCUT2D eigenvalue weighted by atomic mass is 16.7. The molecule has 8 N–H and O–H groups in total. The molecule has 0 amide bonds. The number of ketones is 1. The SMILES string of the molecule is CC(C)CCC(=O)C(C)C1(O)C(OC2OCC(O)C(O)C2O)CC2C3CC=C4CC(OC5OC(CO)C(O)C(O)C5O)CCC4(C)C3CCC21.